The Labute approximate surface area is 72.2 Å². The van der Waals surface area contributed by atoms with Gasteiger partial charge in [-0.3, -0.25) is 0 Å². The molecular formula is C8H14N2O2. The quantitative estimate of drug-likeness (QED) is 0.303. The van der Waals surface area contributed by atoms with Gasteiger partial charge in [-0.2, -0.15) is 0 Å². The maximum Gasteiger partial charge on any atom is 0.108 e. The molecule has 0 saturated heterocycles. The fourth-order valence-electron chi connectivity index (χ4n) is 0.680. The summed E-state index contributed by atoms with van der Waals surface area (Å²) in [5.74, 6) is 0. The summed E-state index contributed by atoms with van der Waals surface area (Å²) in [6, 6.07) is 0. The smallest absolute Gasteiger partial charge is 0.108 e. The normalized spacial score (nSPS) is 12.9. The van der Waals surface area contributed by atoms with Crippen LogP contribution in [-0.4, -0.2) is 23.7 Å². The average molecular weight is 170 g/mol. The van der Waals surface area contributed by atoms with Gasteiger partial charge >= 0.3 is 0 Å². The van der Waals surface area contributed by atoms with Crippen molar-refractivity contribution >= 4 is 11.4 Å². The Balaban J connectivity index is 4.45. The lowest BCUT2D eigenvalue weighted by molar-refractivity contribution is 0.213. The highest BCUT2D eigenvalue weighted by Gasteiger charge is 2.05. The van der Waals surface area contributed by atoms with E-state index < -0.39 is 0 Å². The molecule has 0 radical (unpaired) electrons. The largest absolute Gasteiger partial charge is 0.411 e. The first-order chi connectivity index (χ1) is 5.61. The van der Waals surface area contributed by atoms with Crippen LogP contribution in [0, 0.1) is 0 Å². The number of allylic oxidation sites excluding steroid dienone is 1. The monoisotopic (exact) mass is 170 g/mol. The third kappa shape index (κ3) is 3.75. The molecule has 0 spiro atoms. The molecule has 4 nitrogen and oxygen atoms in total. The van der Waals surface area contributed by atoms with Crippen molar-refractivity contribution in [2.45, 2.75) is 20.3 Å². The first kappa shape index (κ1) is 10.7. The van der Waals surface area contributed by atoms with E-state index in [1.54, 1.807) is 6.92 Å². The van der Waals surface area contributed by atoms with Gasteiger partial charge in [-0.1, -0.05) is 22.5 Å². The Morgan fingerprint density at radius 1 is 1.50 bits per heavy atom. The number of hydrogen-bond acceptors (Lipinski definition) is 4. The van der Waals surface area contributed by atoms with Crippen LogP contribution < -0.4 is 0 Å². The van der Waals surface area contributed by atoms with Gasteiger partial charge in [0.05, 0.1) is 0 Å². The highest BCUT2D eigenvalue weighted by Crippen LogP contribution is 2.00. The third-order valence-corrected chi connectivity index (χ3v) is 1.24. The fraction of sp³-hybridized carbons (Fsp3) is 0.500. The molecule has 0 aromatic rings. The van der Waals surface area contributed by atoms with E-state index in [9.17, 15) is 0 Å². The zero-order chi connectivity index (χ0) is 9.56. The van der Waals surface area contributed by atoms with Gasteiger partial charge in [-0.05, 0) is 13.8 Å². The molecule has 0 aliphatic heterocycles. The van der Waals surface area contributed by atoms with Crippen molar-refractivity contribution in [3.63, 3.8) is 0 Å². The second-order valence-electron chi connectivity index (χ2n) is 2.54. The van der Waals surface area contributed by atoms with Gasteiger partial charge < -0.3 is 10.0 Å². The number of hydrogen-bond donors (Lipinski definition) is 1. The summed E-state index contributed by atoms with van der Waals surface area (Å²) in [6.07, 6.45) is 0.559. The molecule has 12 heavy (non-hydrogen) atoms. The minimum absolute atomic E-state index is 0.444. The molecule has 0 bridgehead atoms. The van der Waals surface area contributed by atoms with E-state index in [0.29, 0.717) is 17.8 Å². The van der Waals surface area contributed by atoms with Gasteiger partial charge in [0.1, 0.15) is 18.5 Å². The highest BCUT2D eigenvalue weighted by atomic mass is 16.6. The van der Waals surface area contributed by atoms with Crippen LogP contribution in [0.4, 0.5) is 0 Å². The van der Waals surface area contributed by atoms with E-state index in [1.165, 1.54) is 7.11 Å². The van der Waals surface area contributed by atoms with E-state index in [-0.39, 0.29) is 0 Å². The summed E-state index contributed by atoms with van der Waals surface area (Å²) in [7, 11) is 1.45. The molecule has 0 fully saturated rings. The summed E-state index contributed by atoms with van der Waals surface area (Å²) in [5.41, 5.74) is 1.97. The first-order valence-corrected chi connectivity index (χ1v) is 3.55. The zero-order valence-electron chi connectivity index (χ0n) is 7.66. The van der Waals surface area contributed by atoms with Gasteiger partial charge in [0.15, 0.2) is 0 Å². The maximum absolute atomic E-state index is 8.47. The molecule has 0 aromatic carbocycles. The summed E-state index contributed by atoms with van der Waals surface area (Å²) < 4.78 is 0. The second kappa shape index (κ2) is 5.35. The SMILES string of the molecule is C=C(C)C/C(=N\OC)C(C)=NO. The average Bonchev–Trinajstić information content (AvgIpc) is 2.01. The van der Waals surface area contributed by atoms with E-state index in [4.69, 9.17) is 5.21 Å². The summed E-state index contributed by atoms with van der Waals surface area (Å²) in [4.78, 5) is 4.58. The van der Waals surface area contributed by atoms with Gasteiger partial charge in [0.25, 0.3) is 0 Å². The molecule has 1 N–H and O–H groups in total. The Morgan fingerprint density at radius 3 is 2.42 bits per heavy atom. The Bertz CT molecular complexity index is 219. The Morgan fingerprint density at radius 2 is 2.08 bits per heavy atom. The third-order valence-electron chi connectivity index (χ3n) is 1.24. The summed E-state index contributed by atoms with van der Waals surface area (Å²) in [6.45, 7) is 7.25. The highest BCUT2D eigenvalue weighted by molar-refractivity contribution is 6.41. The molecule has 0 aromatic heterocycles. The topological polar surface area (TPSA) is 54.2 Å². The molecule has 68 valence electrons. The predicted molar refractivity (Wildman–Crippen MR) is 48.8 cm³/mol. The Hall–Kier alpha value is -1.32. The van der Waals surface area contributed by atoms with Crippen LogP contribution in [0.5, 0.6) is 0 Å². The van der Waals surface area contributed by atoms with Gasteiger partial charge in [0, 0.05) is 6.42 Å². The van der Waals surface area contributed by atoms with Gasteiger partial charge in [-0.25, -0.2) is 0 Å². The number of nitrogens with zero attached hydrogens (tertiary/aromatic N) is 2. The summed E-state index contributed by atoms with van der Waals surface area (Å²) >= 11 is 0. The molecule has 0 rings (SSSR count). The lowest BCUT2D eigenvalue weighted by Crippen LogP contribution is -2.11. The fourth-order valence-corrected chi connectivity index (χ4v) is 0.680. The van der Waals surface area contributed by atoms with Gasteiger partial charge in [-0.15, -0.1) is 0 Å². The lowest BCUT2D eigenvalue weighted by Gasteiger charge is -2.02. The molecular weight excluding hydrogens is 156 g/mol. The standard InChI is InChI=1S/C8H14N2O2/c1-6(2)5-8(10-12-4)7(3)9-11/h11H,1,5H2,2-4H3/b9-7?,10-8+. The van der Waals surface area contributed by atoms with Crippen LogP contribution in [0.3, 0.4) is 0 Å². The molecule has 4 heteroatoms. The van der Waals surface area contributed by atoms with E-state index in [1.807, 2.05) is 6.92 Å². The molecule has 0 amide bonds. The van der Waals surface area contributed by atoms with Crippen molar-refractivity contribution in [2.24, 2.45) is 10.3 Å². The van der Waals surface area contributed by atoms with Crippen molar-refractivity contribution in [1.29, 1.82) is 0 Å². The molecule has 0 aliphatic rings. The predicted octanol–water partition coefficient (Wildman–Crippen LogP) is 1.81. The van der Waals surface area contributed by atoms with Gasteiger partial charge in [0.2, 0.25) is 0 Å². The van der Waals surface area contributed by atoms with Crippen LogP contribution in [0.25, 0.3) is 0 Å². The number of rotatable bonds is 4. The minimum Gasteiger partial charge on any atom is -0.411 e. The van der Waals surface area contributed by atoms with Crippen molar-refractivity contribution in [1.82, 2.24) is 0 Å². The van der Waals surface area contributed by atoms with E-state index in [2.05, 4.69) is 21.7 Å². The number of oxime groups is 2. The second-order valence-corrected chi connectivity index (χ2v) is 2.54. The van der Waals surface area contributed by atoms with E-state index in [0.717, 1.165) is 5.57 Å². The van der Waals surface area contributed by atoms with Crippen molar-refractivity contribution < 1.29 is 10.0 Å². The molecule has 0 atom stereocenters. The molecule has 0 heterocycles. The lowest BCUT2D eigenvalue weighted by atomic mass is 10.1. The minimum atomic E-state index is 0.444. The molecule has 0 aliphatic carbocycles. The zero-order valence-corrected chi connectivity index (χ0v) is 7.66. The van der Waals surface area contributed by atoms with Crippen LogP contribution >= 0.6 is 0 Å². The van der Waals surface area contributed by atoms with Crippen molar-refractivity contribution in [2.75, 3.05) is 7.11 Å². The van der Waals surface area contributed by atoms with Crippen LogP contribution in [0.15, 0.2) is 22.5 Å². The van der Waals surface area contributed by atoms with E-state index >= 15 is 0 Å². The van der Waals surface area contributed by atoms with Crippen molar-refractivity contribution in [3.05, 3.63) is 12.2 Å². The summed E-state index contributed by atoms with van der Waals surface area (Å²) in [5, 5.41) is 15.2. The van der Waals surface area contributed by atoms with Crippen LogP contribution in [-0.2, 0) is 4.84 Å². The van der Waals surface area contributed by atoms with Crippen LogP contribution in [0.1, 0.15) is 20.3 Å². The Kier molecular flexibility index (Phi) is 4.76. The van der Waals surface area contributed by atoms with Crippen LogP contribution in [0.2, 0.25) is 0 Å². The van der Waals surface area contributed by atoms with Crippen molar-refractivity contribution in [3.8, 4) is 0 Å². The molecule has 0 saturated carbocycles. The molecule has 0 unspecified atom stereocenters. The maximum atomic E-state index is 8.47. The first-order valence-electron chi connectivity index (χ1n) is 3.55.